The lowest BCUT2D eigenvalue weighted by Gasteiger charge is -1.99. The van der Waals surface area contributed by atoms with Crippen LogP contribution in [0.4, 0.5) is 0 Å². The molecule has 0 amide bonds. The fraction of sp³-hybridized carbons (Fsp3) is 0.375. The molecule has 0 unspecified atom stereocenters. The molecule has 0 spiro atoms. The van der Waals surface area contributed by atoms with Crippen molar-refractivity contribution >= 4 is 11.0 Å². The molecule has 0 fully saturated rings. The Balaban J connectivity index is 2.97. The summed E-state index contributed by atoms with van der Waals surface area (Å²) in [4.78, 5) is 4.31. The summed E-state index contributed by atoms with van der Waals surface area (Å²) < 4.78 is 4.64. The summed E-state index contributed by atoms with van der Waals surface area (Å²) >= 11 is 0. The molecule has 2 aromatic heterocycles. The fourth-order valence-electron chi connectivity index (χ4n) is 1.23. The number of rotatable bonds is 0. The van der Waals surface area contributed by atoms with Gasteiger partial charge in [0.2, 0.25) is 0 Å². The lowest BCUT2D eigenvalue weighted by molar-refractivity contribution is 0.315. The van der Waals surface area contributed by atoms with E-state index >= 15 is 0 Å². The summed E-state index contributed by atoms with van der Waals surface area (Å²) in [5, 5.41) is 7.59. The van der Waals surface area contributed by atoms with Crippen LogP contribution in [-0.4, -0.2) is 15.3 Å². The molecule has 12 heavy (non-hydrogen) atoms. The number of aryl methyl sites for hydroxylation is 3. The van der Waals surface area contributed by atoms with Crippen LogP contribution in [0.2, 0.25) is 0 Å². The van der Waals surface area contributed by atoms with E-state index in [0.29, 0.717) is 0 Å². The van der Waals surface area contributed by atoms with Gasteiger partial charge in [-0.15, -0.1) is 0 Å². The Morgan fingerprint density at radius 1 is 0.917 bits per heavy atom. The highest BCUT2D eigenvalue weighted by Crippen LogP contribution is 2.18. The second-order valence-corrected chi connectivity index (χ2v) is 2.87. The quantitative estimate of drug-likeness (QED) is 0.591. The second-order valence-electron chi connectivity index (χ2n) is 2.87. The summed E-state index contributed by atoms with van der Waals surface area (Å²) in [7, 11) is 0. The Hall–Kier alpha value is -1.45. The summed E-state index contributed by atoms with van der Waals surface area (Å²) in [5.41, 5.74) is 4.47. The maximum absolute atomic E-state index is 4.64. The van der Waals surface area contributed by atoms with Gasteiger partial charge in [0.15, 0.2) is 5.52 Å². The van der Waals surface area contributed by atoms with Gasteiger partial charge in [-0.05, 0) is 31.1 Å². The molecule has 0 aliphatic carbocycles. The smallest absolute Gasteiger partial charge is 0.156 e. The van der Waals surface area contributed by atoms with Crippen molar-refractivity contribution in [3.63, 3.8) is 0 Å². The summed E-state index contributed by atoms with van der Waals surface area (Å²) in [5.74, 6) is 0. The van der Waals surface area contributed by atoms with Crippen LogP contribution in [0.3, 0.4) is 0 Å². The summed E-state index contributed by atoms with van der Waals surface area (Å²) in [6.07, 6.45) is 0. The Morgan fingerprint density at radius 2 is 1.58 bits per heavy atom. The standard InChI is InChI=1S/C8H9N3O/c1-4-5(2)9-6(3)8-7(4)10-12-11-8/h1-3H3. The molecule has 2 heterocycles. The topological polar surface area (TPSA) is 51.8 Å². The second kappa shape index (κ2) is 2.27. The van der Waals surface area contributed by atoms with Crippen LogP contribution in [-0.2, 0) is 0 Å². The minimum absolute atomic E-state index is 0.762. The van der Waals surface area contributed by atoms with E-state index in [2.05, 4.69) is 19.9 Å². The maximum atomic E-state index is 4.64. The maximum Gasteiger partial charge on any atom is 0.156 e. The molecule has 0 saturated heterocycles. The van der Waals surface area contributed by atoms with E-state index < -0.39 is 0 Å². The predicted octanol–water partition coefficient (Wildman–Crippen LogP) is 1.54. The average molecular weight is 163 g/mol. The van der Waals surface area contributed by atoms with E-state index in [1.807, 2.05) is 20.8 Å². The van der Waals surface area contributed by atoms with Crippen molar-refractivity contribution in [3.05, 3.63) is 17.0 Å². The van der Waals surface area contributed by atoms with E-state index in [4.69, 9.17) is 0 Å². The Kier molecular flexibility index (Phi) is 1.36. The molecule has 0 radical (unpaired) electrons. The number of hydrogen-bond acceptors (Lipinski definition) is 4. The van der Waals surface area contributed by atoms with Crippen LogP contribution in [0, 0.1) is 20.8 Å². The molecule has 4 heteroatoms. The van der Waals surface area contributed by atoms with Crippen molar-refractivity contribution in [2.75, 3.05) is 0 Å². The van der Waals surface area contributed by atoms with Gasteiger partial charge in [0.05, 0.1) is 5.69 Å². The molecule has 62 valence electrons. The van der Waals surface area contributed by atoms with E-state index in [1.54, 1.807) is 0 Å². The van der Waals surface area contributed by atoms with Crippen LogP contribution < -0.4 is 0 Å². The number of aromatic nitrogens is 3. The molecule has 0 saturated carbocycles. The van der Waals surface area contributed by atoms with Gasteiger partial charge in [0.25, 0.3) is 0 Å². The van der Waals surface area contributed by atoms with Crippen molar-refractivity contribution < 1.29 is 4.63 Å². The van der Waals surface area contributed by atoms with E-state index in [0.717, 1.165) is 28.0 Å². The molecule has 0 atom stereocenters. The monoisotopic (exact) mass is 163 g/mol. The molecule has 0 aliphatic heterocycles. The first-order chi connectivity index (χ1) is 5.70. The third-order valence-corrected chi connectivity index (χ3v) is 2.06. The van der Waals surface area contributed by atoms with Crippen LogP contribution in [0.5, 0.6) is 0 Å². The van der Waals surface area contributed by atoms with Gasteiger partial charge in [-0.3, -0.25) is 4.98 Å². The zero-order chi connectivity index (χ0) is 8.72. The normalized spacial score (nSPS) is 10.9. The zero-order valence-corrected chi connectivity index (χ0v) is 7.25. The number of nitrogens with zero attached hydrogens (tertiary/aromatic N) is 3. The van der Waals surface area contributed by atoms with Gasteiger partial charge in [-0.2, -0.15) is 0 Å². The highest BCUT2D eigenvalue weighted by Gasteiger charge is 2.09. The van der Waals surface area contributed by atoms with Gasteiger partial charge in [0.1, 0.15) is 5.52 Å². The average Bonchev–Trinajstić information content (AvgIpc) is 2.48. The van der Waals surface area contributed by atoms with Crippen molar-refractivity contribution in [2.45, 2.75) is 20.8 Å². The van der Waals surface area contributed by atoms with Gasteiger partial charge in [0, 0.05) is 11.3 Å². The molecular weight excluding hydrogens is 154 g/mol. The van der Waals surface area contributed by atoms with Crippen LogP contribution in [0.25, 0.3) is 11.0 Å². The molecule has 0 aliphatic rings. The summed E-state index contributed by atoms with van der Waals surface area (Å²) in [6, 6.07) is 0. The molecule has 0 bridgehead atoms. The molecule has 0 N–H and O–H groups in total. The minimum Gasteiger partial charge on any atom is -0.256 e. The third-order valence-electron chi connectivity index (χ3n) is 2.06. The Bertz CT molecular complexity index is 433. The Labute approximate surface area is 69.6 Å². The van der Waals surface area contributed by atoms with E-state index in [9.17, 15) is 0 Å². The minimum atomic E-state index is 0.762. The molecule has 2 aromatic rings. The van der Waals surface area contributed by atoms with Crippen molar-refractivity contribution in [1.29, 1.82) is 0 Å². The van der Waals surface area contributed by atoms with E-state index in [1.165, 1.54) is 0 Å². The zero-order valence-electron chi connectivity index (χ0n) is 7.25. The SMILES string of the molecule is Cc1nc(C)c2nonc2c1C. The largest absolute Gasteiger partial charge is 0.256 e. The van der Waals surface area contributed by atoms with Crippen LogP contribution in [0.1, 0.15) is 17.0 Å². The predicted molar refractivity (Wildman–Crippen MR) is 43.8 cm³/mol. The van der Waals surface area contributed by atoms with Crippen molar-refractivity contribution in [1.82, 2.24) is 15.3 Å². The number of hydrogen-bond donors (Lipinski definition) is 0. The molecular formula is C8H9N3O. The number of pyridine rings is 1. The lowest BCUT2D eigenvalue weighted by Crippen LogP contribution is -1.92. The van der Waals surface area contributed by atoms with Gasteiger partial charge in [-0.1, -0.05) is 0 Å². The lowest BCUT2D eigenvalue weighted by atomic mass is 10.2. The van der Waals surface area contributed by atoms with Crippen LogP contribution >= 0.6 is 0 Å². The first-order valence-corrected chi connectivity index (χ1v) is 3.76. The fourth-order valence-corrected chi connectivity index (χ4v) is 1.23. The highest BCUT2D eigenvalue weighted by molar-refractivity contribution is 5.79. The van der Waals surface area contributed by atoms with Crippen molar-refractivity contribution in [3.8, 4) is 0 Å². The number of fused-ring (bicyclic) bond motifs is 1. The summed E-state index contributed by atoms with van der Waals surface area (Å²) in [6.45, 7) is 5.82. The first-order valence-electron chi connectivity index (χ1n) is 3.76. The molecule has 2 rings (SSSR count). The first kappa shape index (κ1) is 7.21. The van der Waals surface area contributed by atoms with Gasteiger partial charge >= 0.3 is 0 Å². The molecule has 4 nitrogen and oxygen atoms in total. The van der Waals surface area contributed by atoms with Gasteiger partial charge in [-0.25, -0.2) is 4.63 Å². The van der Waals surface area contributed by atoms with E-state index in [-0.39, 0.29) is 0 Å². The third kappa shape index (κ3) is 0.809. The Morgan fingerprint density at radius 3 is 2.33 bits per heavy atom. The van der Waals surface area contributed by atoms with Crippen LogP contribution in [0.15, 0.2) is 4.63 Å². The highest BCUT2D eigenvalue weighted by atomic mass is 16.6. The molecule has 0 aromatic carbocycles. The van der Waals surface area contributed by atoms with Crippen molar-refractivity contribution in [2.24, 2.45) is 0 Å². The van der Waals surface area contributed by atoms with Gasteiger partial charge < -0.3 is 0 Å².